The molecule has 1 aromatic rings. The topological polar surface area (TPSA) is 49.4 Å². The van der Waals surface area contributed by atoms with Gasteiger partial charge in [0, 0.05) is 25.2 Å². The third-order valence-electron chi connectivity index (χ3n) is 5.00. The van der Waals surface area contributed by atoms with Crippen LogP contribution in [0.15, 0.2) is 18.2 Å². The molecule has 24 heavy (non-hydrogen) atoms. The van der Waals surface area contributed by atoms with Crippen molar-refractivity contribution in [3.8, 4) is 0 Å². The molecule has 1 saturated carbocycles. The largest absolute Gasteiger partial charge is 0.355 e. The van der Waals surface area contributed by atoms with E-state index in [1.165, 1.54) is 43.1 Å². The van der Waals surface area contributed by atoms with Crippen molar-refractivity contribution in [2.24, 2.45) is 11.8 Å². The van der Waals surface area contributed by atoms with Gasteiger partial charge in [0.05, 0.1) is 5.92 Å². The predicted octanol–water partition coefficient (Wildman–Crippen LogP) is 2.73. The summed E-state index contributed by atoms with van der Waals surface area (Å²) in [5, 5.41) is 2.98. The Bertz CT molecular complexity index is 623. The molecule has 0 atom stereocenters. The first-order chi connectivity index (χ1) is 11.5. The van der Waals surface area contributed by atoms with Gasteiger partial charge in [-0.2, -0.15) is 0 Å². The number of carbonyl (C=O) groups excluding carboxylic acids is 2. The zero-order valence-electron chi connectivity index (χ0n) is 13.6. The lowest BCUT2D eigenvalue weighted by Gasteiger charge is -2.38. The molecule has 3 rings (SSSR count). The molecule has 0 unspecified atom stereocenters. The van der Waals surface area contributed by atoms with Crippen molar-refractivity contribution >= 4 is 11.8 Å². The molecule has 0 bridgehead atoms. The van der Waals surface area contributed by atoms with Crippen molar-refractivity contribution in [1.82, 2.24) is 10.2 Å². The highest BCUT2D eigenvalue weighted by atomic mass is 19.2. The van der Waals surface area contributed by atoms with Gasteiger partial charge >= 0.3 is 0 Å². The lowest BCUT2D eigenvalue weighted by atomic mass is 9.89. The Morgan fingerprint density at radius 1 is 1.08 bits per heavy atom. The highest BCUT2D eigenvalue weighted by Crippen LogP contribution is 2.24. The third-order valence-corrected chi connectivity index (χ3v) is 5.00. The molecule has 2 amide bonds. The number of likely N-dealkylation sites (tertiary alicyclic amines) is 1. The van der Waals surface area contributed by atoms with E-state index in [2.05, 4.69) is 5.32 Å². The second-order valence-electron chi connectivity index (χ2n) is 6.79. The van der Waals surface area contributed by atoms with Gasteiger partial charge in [-0.15, -0.1) is 0 Å². The van der Waals surface area contributed by atoms with Gasteiger partial charge in [0.2, 0.25) is 5.91 Å². The van der Waals surface area contributed by atoms with Crippen molar-refractivity contribution in [2.75, 3.05) is 19.6 Å². The number of halogens is 2. The van der Waals surface area contributed by atoms with Gasteiger partial charge in [0.1, 0.15) is 0 Å². The van der Waals surface area contributed by atoms with Gasteiger partial charge < -0.3 is 10.2 Å². The number of benzene rings is 1. The molecule has 1 aliphatic heterocycles. The maximum atomic E-state index is 13.2. The van der Waals surface area contributed by atoms with Crippen molar-refractivity contribution in [3.05, 3.63) is 35.4 Å². The summed E-state index contributed by atoms with van der Waals surface area (Å²) in [6, 6.07) is 3.10. The maximum Gasteiger partial charge on any atom is 0.254 e. The molecule has 1 aliphatic carbocycles. The summed E-state index contributed by atoms with van der Waals surface area (Å²) in [4.78, 5) is 25.8. The van der Waals surface area contributed by atoms with Crippen molar-refractivity contribution in [1.29, 1.82) is 0 Å². The van der Waals surface area contributed by atoms with E-state index in [9.17, 15) is 18.4 Å². The molecular weight excluding hydrogens is 314 g/mol. The van der Waals surface area contributed by atoms with Crippen LogP contribution in [-0.2, 0) is 4.79 Å². The smallest absolute Gasteiger partial charge is 0.254 e. The highest BCUT2D eigenvalue weighted by molar-refractivity contribution is 5.96. The van der Waals surface area contributed by atoms with Gasteiger partial charge in [-0.1, -0.05) is 19.3 Å². The Morgan fingerprint density at radius 2 is 1.79 bits per heavy atom. The Labute approximate surface area is 140 Å². The number of nitrogens with zero attached hydrogens (tertiary/aromatic N) is 1. The summed E-state index contributed by atoms with van der Waals surface area (Å²) in [6.07, 6.45) is 6.10. The summed E-state index contributed by atoms with van der Waals surface area (Å²) in [5.74, 6) is -2.04. The zero-order chi connectivity index (χ0) is 17.1. The predicted molar refractivity (Wildman–Crippen MR) is 85.3 cm³/mol. The van der Waals surface area contributed by atoms with E-state index < -0.39 is 11.6 Å². The molecule has 1 saturated heterocycles. The fourth-order valence-electron chi connectivity index (χ4n) is 3.40. The fraction of sp³-hybridized carbons (Fsp3) is 0.556. The number of rotatable bonds is 4. The molecule has 6 heteroatoms. The Kier molecular flexibility index (Phi) is 5.11. The van der Waals surface area contributed by atoms with E-state index >= 15 is 0 Å². The van der Waals surface area contributed by atoms with Crippen molar-refractivity contribution in [3.63, 3.8) is 0 Å². The van der Waals surface area contributed by atoms with Gasteiger partial charge in [-0.05, 0) is 37.0 Å². The zero-order valence-corrected chi connectivity index (χ0v) is 13.6. The second kappa shape index (κ2) is 7.28. The van der Waals surface area contributed by atoms with Crippen LogP contribution in [0.1, 0.15) is 42.5 Å². The van der Waals surface area contributed by atoms with Crippen LogP contribution in [0.25, 0.3) is 0 Å². The van der Waals surface area contributed by atoms with Gasteiger partial charge in [-0.25, -0.2) is 8.78 Å². The summed E-state index contributed by atoms with van der Waals surface area (Å²) >= 11 is 0. The average Bonchev–Trinajstić information content (AvgIpc) is 2.55. The van der Waals surface area contributed by atoms with E-state index in [4.69, 9.17) is 0 Å². The van der Waals surface area contributed by atoms with Crippen LogP contribution in [0.4, 0.5) is 8.78 Å². The van der Waals surface area contributed by atoms with Gasteiger partial charge in [0.15, 0.2) is 11.6 Å². The molecule has 2 aliphatic rings. The minimum atomic E-state index is -1.04. The molecule has 1 heterocycles. The Hall–Kier alpha value is -1.98. The molecule has 1 N–H and O–H groups in total. The minimum Gasteiger partial charge on any atom is -0.355 e. The van der Waals surface area contributed by atoms with E-state index in [0.29, 0.717) is 25.6 Å². The lowest BCUT2D eigenvalue weighted by molar-refractivity contribution is -0.129. The second-order valence-corrected chi connectivity index (χ2v) is 6.79. The fourth-order valence-corrected chi connectivity index (χ4v) is 3.40. The Morgan fingerprint density at radius 3 is 2.46 bits per heavy atom. The SMILES string of the molecule is O=C(NCC1CCCCC1)C1CN(C(=O)c2ccc(F)c(F)c2)C1. The summed E-state index contributed by atoms with van der Waals surface area (Å²) in [7, 11) is 0. The highest BCUT2D eigenvalue weighted by Gasteiger charge is 2.36. The molecule has 0 radical (unpaired) electrons. The lowest BCUT2D eigenvalue weighted by Crippen LogP contribution is -2.56. The summed E-state index contributed by atoms with van der Waals surface area (Å²) in [5.41, 5.74) is 0.106. The minimum absolute atomic E-state index is 0.0186. The third kappa shape index (κ3) is 3.74. The normalized spacial score (nSPS) is 19.0. The van der Waals surface area contributed by atoms with Crippen LogP contribution in [0.5, 0.6) is 0 Å². The first kappa shape index (κ1) is 16.9. The van der Waals surface area contributed by atoms with Crippen LogP contribution in [0.2, 0.25) is 0 Å². The summed E-state index contributed by atoms with van der Waals surface area (Å²) in [6.45, 7) is 1.37. The first-order valence-electron chi connectivity index (χ1n) is 8.56. The van der Waals surface area contributed by atoms with E-state index in [1.54, 1.807) is 0 Å². The van der Waals surface area contributed by atoms with Gasteiger partial charge in [0.25, 0.3) is 5.91 Å². The average molecular weight is 336 g/mol. The van der Waals surface area contributed by atoms with Crippen LogP contribution in [-0.4, -0.2) is 36.3 Å². The number of amides is 2. The molecule has 4 nitrogen and oxygen atoms in total. The van der Waals surface area contributed by atoms with Crippen molar-refractivity contribution < 1.29 is 18.4 Å². The molecule has 130 valence electrons. The molecular formula is C18H22F2N2O2. The number of hydrogen-bond donors (Lipinski definition) is 1. The quantitative estimate of drug-likeness (QED) is 0.919. The molecule has 1 aromatic carbocycles. The van der Waals surface area contributed by atoms with Gasteiger partial charge in [-0.3, -0.25) is 9.59 Å². The van der Waals surface area contributed by atoms with E-state index in [0.717, 1.165) is 12.1 Å². The number of hydrogen-bond acceptors (Lipinski definition) is 2. The number of nitrogens with one attached hydrogen (secondary N) is 1. The van der Waals surface area contributed by atoms with E-state index in [-0.39, 0.29) is 23.3 Å². The van der Waals surface area contributed by atoms with Crippen LogP contribution in [0.3, 0.4) is 0 Å². The molecule has 0 aromatic heterocycles. The van der Waals surface area contributed by atoms with Crippen LogP contribution >= 0.6 is 0 Å². The molecule has 2 fully saturated rings. The standard InChI is InChI=1S/C18H22F2N2O2/c19-15-7-6-13(8-16(15)20)18(24)22-10-14(11-22)17(23)21-9-12-4-2-1-3-5-12/h6-8,12,14H,1-5,9-11H2,(H,21,23). The monoisotopic (exact) mass is 336 g/mol. The Balaban J connectivity index is 1.44. The maximum absolute atomic E-state index is 13.2. The molecule has 0 spiro atoms. The first-order valence-corrected chi connectivity index (χ1v) is 8.56. The van der Waals surface area contributed by atoms with E-state index in [1.807, 2.05) is 0 Å². The summed E-state index contributed by atoms with van der Waals surface area (Å²) < 4.78 is 26.1. The van der Waals surface area contributed by atoms with Crippen molar-refractivity contribution in [2.45, 2.75) is 32.1 Å². The van der Waals surface area contributed by atoms with Crippen LogP contribution in [0, 0.1) is 23.5 Å². The number of carbonyl (C=O) groups is 2. The van der Waals surface area contributed by atoms with Crippen LogP contribution < -0.4 is 5.32 Å².